The Labute approximate surface area is 249 Å². The maximum atomic E-state index is 13.5. The summed E-state index contributed by atoms with van der Waals surface area (Å²) in [6.07, 6.45) is 3.69. The quantitative estimate of drug-likeness (QED) is 0.0940. The van der Waals surface area contributed by atoms with Crippen LogP contribution in [0.5, 0.6) is 11.5 Å². The van der Waals surface area contributed by atoms with Crippen LogP contribution in [0.15, 0.2) is 72.8 Å². The predicted octanol–water partition coefficient (Wildman–Crippen LogP) is 6.75. The topological polar surface area (TPSA) is 67.9 Å². The molecule has 38 heavy (non-hydrogen) atoms. The Morgan fingerprint density at radius 2 is 1.87 bits per heavy atom. The molecule has 0 radical (unpaired) electrons. The van der Waals surface area contributed by atoms with Gasteiger partial charge in [0.15, 0.2) is 16.6 Å². The lowest BCUT2D eigenvalue weighted by Crippen LogP contribution is -2.54. The normalized spacial score (nSPS) is 14.5. The van der Waals surface area contributed by atoms with Crippen LogP contribution in [0.3, 0.4) is 0 Å². The number of hydrogen-bond donors (Lipinski definition) is 1. The van der Waals surface area contributed by atoms with E-state index in [1.807, 2.05) is 30.3 Å². The number of thiocarbonyl (C=S) groups is 1. The van der Waals surface area contributed by atoms with Crippen molar-refractivity contribution >= 4 is 86.7 Å². The number of carbonyl (C=O) groups excluding carboxylic acids is 2. The first kappa shape index (κ1) is 28.1. The van der Waals surface area contributed by atoms with Crippen molar-refractivity contribution in [3.05, 3.63) is 103 Å². The zero-order valence-corrected chi connectivity index (χ0v) is 24.6. The number of anilines is 1. The molecule has 3 aromatic rings. The van der Waals surface area contributed by atoms with Crippen LogP contribution in [-0.2, 0) is 22.6 Å². The molecule has 10 heteroatoms. The molecule has 3 aromatic carbocycles. The van der Waals surface area contributed by atoms with E-state index >= 15 is 0 Å². The van der Waals surface area contributed by atoms with Gasteiger partial charge in [0.2, 0.25) is 0 Å². The number of hydrogen-bond acceptors (Lipinski definition) is 5. The lowest BCUT2D eigenvalue weighted by molar-refractivity contribution is -0.122. The molecule has 0 saturated carbocycles. The summed E-state index contributed by atoms with van der Waals surface area (Å²) in [5.74, 6) is -0.249. The fourth-order valence-electron chi connectivity index (χ4n) is 3.83. The van der Waals surface area contributed by atoms with Gasteiger partial charge in [-0.05, 0) is 94.8 Å². The fourth-order valence-corrected chi connectivity index (χ4v) is 4.85. The molecule has 1 heterocycles. The monoisotopic (exact) mass is 678 g/mol. The number of allylic oxidation sites excluding steroid dienone is 1. The molecule has 1 aliphatic rings. The van der Waals surface area contributed by atoms with Crippen molar-refractivity contribution in [1.29, 1.82) is 0 Å². The lowest BCUT2D eigenvalue weighted by Gasteiger charge is -2.29. The highest BCUT2D eigenvalue weighted by Crippen LogP contribution is 2.37. The number of carbonyl (C=O) groups is 2. The summed E-state index contributed by atoms with van der Waals surface area (Å²) < 4.78 is 12.9. The first-order chi connectivity index (χ1) is 18.2. The van der Waals surface area contributed by atoms with Gasteiger partial charge in [0.25, 0.3) is 11.8 Å². The van der Waals surface area contributed by atoms with Gasteiger partial charge in [-0.15, -0.1) is 6.58 Å². The number of benzene rings is 3. The van der Waals surface area contributed by atoms with E-state index in [1.54, 1.807) is 30.3 Å². The average Bonchev–Trinajstić information content (AvgIpc) is 2.89. The van der Waals surface area contributed by atoms with Crippen LogP contribution in [0.25, 0.3) is 6.08 Å². The Hall–Kier alpha value is -2.92. The van der Waals surface area contributed by atoms with Crippen molar-refractivity contribution in [3.63, 3.8) is 0 Å². The van der Waals surface area contributed by atoms with E-state index in [9.17, 15) is 9.59 Å². The zero-order chi connectivity index (χ0) is 27.4. The lowest BCUT2D eigenvalue weighted by atomic mass is 10.0. The number of amides is 2. The second-order valence-corrected chi connectivity index (χ2v) is 10.6. The highest BCUT2D eigenvalue weighted by molar-refractivity contribution is 14.1. The fraction of sp³-hybridized carbons (Fsp3) is 0.107. The van der Waals surface area contributed by atoms with Crippen LogP contribution in [0.2, 0.25) is 10.0 Å². The Balaban J connectivity index is 1.71. The van der Waals surface area contributed by atoms with Gasteiger partial charge in [-0.2, -0.15) is 0 Å². The Morgan fingerprint density at radius 1 is 1.13 bits per heavy atom. The molecule has 1 N–H and O–H groups in total. The summed E-state index contributed by atoms with van der Waals surface area (Å²) in [5, 5.41) is 2.86. The van der Waals surface area contributed by atoms with Gasteiger partial charge < -0.3 is 9.47 Å². The van der Waals surface area contributed by atoms with Crippen molar-refractivity contribution in [3.8, 4) is 11.5 Å². The van der Waals surface area contributed by atoms with E-state index in [-0.39, 0.29) is 26.4 Å². The van der Waals surface area contributed by atoms with Gasteiger partial charge in [0.1, 0.15) is 12.2 Å². The van der Waals surface area contributed by atoms with Crippen LogP contribution >= 0.6 is 58.0 Å². The predicted molar refractivity (Wildman–Crippen MR) is 163 cm³/mol. The maximum Gasteiger partial charge on any atom is 0.270 e. The van der Waals surface area contributed by atoms with Crippen LogP contribution < -0.4 is 19.7 Å². The Bertz CT molecular complexity index is 1470. The van der Waals surface area contributed by atoms with Crippen molar-refractivity contribution in [2.24, 2.45) is 0 Å². The Kier molecular flexibility index (Phi) is 9.09. The van der Waals surface area contributed by atoms with E-state index in [0.717, 1.165) is 19.6 Å². The highest BCUT2D eigenvalue weighted by atomic mass is 127. The number of methoxy groups -OCH3 is 1. The molecular formula is C28H21Cl2IN2O4S. The van der Waals surface area contributed by atoms with Crippen molar-refractivity contribution < 1.29 is 19.1 Å². The summed E-state index contributed by atoms with van der Waals surface area (Å²) >= 11 is 20.0. The van der Waals surface area contributed by atoms with E-state index in [4.69, 9.17) is 44.9 Å². The number of ether oxygens (including phenoxy) is 2. The van der Waals surface area contributed by atoms with Gasteiger partial charge in [-0.1, -0.05) is 47.5 Å². The van der Waals surface area contributed by atoms with E-state index in [1.165, 1.54) is 13.2 Å². The third kappa shape index (κ3) is 6.04. The smallest absolute Gasteiger partial charge is 0.270 e. The van der Waals surface area contributed by atoms with Gasteiger partial charge in [0.05, 0.1) is 22.8 Å². The minimum atomic E-state index is -0.633. The molecule has 2 amide bonds. The molecule has 1 aliphatic heterocycles. The standard InChI is InChI=1S/C28H21Cl2IN2O4S/c1-3-5-18-12-17(14-23(36-2)25(18)37-15-16-8-10-19(31)11-9-16)13-20-26(34)32-28(38)33(27(20)35)22-7-4-6-21(29)24(22)30/h3-4,6-14H,1,5,15H2,2H3,(H,32,34,38)/b20-13+. The van der Waals surface area contributed by atoms with E-state index in [0.29, 0.717) is 30.1 Å². The molecule has 0 aliphatic carbocycles. The number of nitrogens with one attached hydrogen (secondary N) is 1. The maximum absolute atomic E-state index is 13.5. The third-order valence-corrected chi connectivity index (χ3v) is 7.43. The van der Waals surface area contributed by atoms with Crippen molar-refractivity contribution in [2.75, 3.05) is 12.0 Å². The van der Waals surface area contributed by atoms with Crippen LogP contribution in [0.4, 0.5) is 5.69 Å². The molecule has 0 spiro atoms. The number of nitrogens with zero attached hydrogens (tertiary/aromatic N) is 1. The molecule has 0 atom stereocenters. The average molecular weight is 679 g/mol. The number of rotatable bonds is 8. The molecule has 0 unspecified atom stereocenters. The molecule has 1 fully saturated rings. The molecule has 0 aromatic heterocycles. The van der Waals surface area contributed by atoms with Gasteiger partial charge >= 0.3 is 0 Å². The molecule has 6 nitrogen and oxygen atoms in total. The summed E-state index contributed by atoms with van der Waals surface area (Å²) in [5.41, 5.74) is 2.48. The summed E-state index contributed by atoms with van der Waals surface area (Å²) in [6.45, 7) is 4.18. The van der Waals surface area contributed by atoms with Crippen LogP contribution in [-0.4, -0.2) is 24.0 Å². The van der Waals surface area contributed by atoms with Gasteiger partial charge in [-0.25, -0.2) is 0 Å². The number of halogens is 3. The SMILES string of the molecule is C=CCc1cc(/C=C2\C(=O)NC(=S)N(c3cccc(Cl)c3Cl)C2=O)cc(OC)c1OCc1ccc(I)cc1. The largest absolute Gasteiger partial charge is 0.493 e. The summed E-state index contributed by atoms with van der Waals surface area (Å²) in [6, 6.07) is 16.4. The van der Waals surface area contributed by atoms with Crippen molar-refractivity contribution in [1.82, 2.24) is 5.32 Å². The molecule has 0 bridgehead atoms. The first-order valence-electron chi connectivity index (χ1n) is 11.3. The second kappa shape index (κ2) is 12.3. The third-order valence-electron chi connectivity index (χ3n) is 5.62. The highest BCUT2D eigenvalue weighted by Gasteiger charge is 2.35. The van der Waals surface area contributed by atoms with Crippen LogP contribution in [0, 0.1) is 3.57 Å². The minimum absolute atomic E-state index is 0.0920. The first-order valence-corrected chi connectivity index (χ1v) is 13.5. The van der Waals surface area contributed by atoms with Gasteiger partial charge in [-0.3, -0.25) is 19.8 Å². The molecule has 4 rings (SSSR count). The summed E-state index contributed by atoms with van der Waals surface area (Å²) in [4.78, 5) is 27.4. The van der Waals surface area contributed by atoms with E-state index < -0.39 is 11.8 Å². The molecule has 1 saturated heterocycles. The molecule has 194 valence electrons. The van der Waals surface area contributed by atoms with Crippen LogP contribution in [0.1, 0.15) is 16.7 Å². The zero-order valence-electron chi connectivity index (χ0n) is 20.1. The van der Waals surface area contributed by atoms with E-state index in [2.05, 4.69) is 34.5 Å². The van der Waals surface area contributed by atoms with Gasteiger partial charge in [0, 0.05) is 9.13 Å². The minimum Gasteiger partial charge on any atom is -0.493 e. The Morgan fingerprint density at radius 3 is 2.55 bits per heavy atom. The molecular weight excluding hydrogens is 658 g/mol. The van der Waals surface area contributed by atoms with Crippen molar-refractivity contribution in [2.45, 2.75) is 13.0 Å². The second-order valence-electron chi connectivity index (χ2n) is 8.15. The summed E-state index contributed by atoms with van der Waals surface area (Å²) in [7, 11) is 1.53.